The van der Waals surface area contributed by atoms with Gasteiger partial charge in [-0.15, -0.1) is 0 Å². The lowest BCUT2D eigenvalue weighted by atomic mass is 10.2. The van der Waals surface area contributed by atoms with E-state index in [2.05, 4.69) is 20.4 Å². The fraction of sp³-hybridized carbons (Fsp3) is 0.350. The number of hydrogen-bond acceptors (Lipinski definition) is 7. The predicted molar refractivity (Wildman–Crippen MR) is 114 cm³/mol. The maximum Gasteiger partial charge on any atom is 0.407 e. The SMILES string of the molecule is CCOc1nc(N2CCN(C(=O)O)CC2)ncc1C(=O)Nc1ccc2nn(C)cc2c1. The van der Waals surface area contributed by atoms with Gasteiger partial charge in [0.1, 0.15) is 5.56 Å². The van der Waals surface area contributed by atoms with Gasteiger partial charge in [0.15, 0.2) is 0 Å². The minimum Gasteiger partial charge on any atom is -0.477 e. The number of carboxylic acid groups (broad SMARTS) is 1. The average molecular weight is 425 g/mol. The van der Waals surface area contributed by atoms with Gasteiger partial charge in [-0.1, -0.05) is 0 Å². The van der Waals surface area contributed by atoms with Crippen molar-refractivity contribution in [2.45, 2.75) is 6.92 Å². The number of amides is 2. The molecule has 1 fully saturated rings. The van der Waals surface area contributed by atoms with Gasteiger partial charge >= 0.3 is 6.09 Å². The average Bonchev–Trinajstić information content (AvgIpc) is 3.13. The number of benzene rings is 1. The molecular formula is C20H23N7O4. The van der Waals surface area contributed by atoms with E-state index in [0.29, 0.717) is 44.4 Å². The second-order valence-corrected chi connectivity index (χ2v) is 7.11. The summed E-state index contributed by atoms with van der Waals surface area (Å²) < 4.78 is 7.32. The van der Waals surface area contributed by atoms with Crippen molar-refractivity contribution in [2.75, 3.05) is 43.0 Å². The monoisotopic (exact) mass is 425 g/mol. The zero-order valence-corrected chi connectivity index (χ0v) is 17.3. The van der Waals surface area contributed by atoms with E-state index in [9.17, 15) is 9.59 Å². The number of piperazine rings is 1. The number of aromatic nitrogens is 4. The summed E-state index contributed by atoms with van der Waals surface area (Å²) in [6.07, 6.45) is 2.38. The van der Waals surface area contributed by atoms with Gasteiger partial charge in [-0.2, -0.15) is 10.1 Å². The first-order valence-electron chi connectivity index (χ1n) is 9.92. The van der Waals surface area contributed by atoms with Gasteiger partial charge in [-0.25, -0.2) is 9.78 Å². The molecule has 0 radical (unpaired) electrons. The Balaban J connectivity index is 1.52. The van der Waals surface area contributed by atoms with Crippen molar-refractivity contribution in [1.29, 1.82) is 0 Å². The molecule has 1 aliphatic heterocycles. The molecule has 1 aliphatic rings. The zero-order valence-electron chi connectivity index (χ0n) is 17.3. The van der Waals surface area contributed by atoms with Gasteiger partial charge in [-0.05, 0) is 25.1 Å². The summed E-state index contributed by atoms with van der Waals surface area (Å²) in [5, 5.41) is 17.2. The summed E-state index contributed by atoms with van der Waals surface area (Å²) in [5.74, 6) is 0.212. The van der Waals surface area contributed by atoms with Crippen LogP contribution in [0.15, 0.2) is 30.6 Å². The highest BCUT2D eigenvalue weighted by Gasteiger charge is 2.24. The summed E-state index contributed by atoms with van der Waals surface area (Å²) in [7, 11) is 1.84. The number of nitrogens with one attached hydrogen (secondary N) is 1. The first-order valence-corrected chi connectivity index (χ1v) is 9.92. The van der Waals surface area contributed by atoms with Gasteiger partial charge in [0, 0.05) is 56.7 Å². The molecule has 11 nitrogen and oxygen atoms in total. The van der Waals surface area contributed by atoms with Crippen molar-refractivity contribution in [3.05, 3.63) is 36.2 Å². The Morgan fingerprint density at radius 2 is 2.00 bits per heavy atom. The number of rotatable bonds is 5. The minimum absolute atomic E-state index is 0.188. The molecule has 3 aromatic rings. The zero-order chi connectivity index (χ0) is 22.0. The molecule has 2 amide bonds. The third-order valence-corrected chi connectivity index (χ3v) is 4.98. The van der Waals surface area contributed by atoms with E-state index >= 15 is 0 Å². The molecular weight excluding hydrogens is 402 g/mol. The van der Waals surface area contributed by atoms with Crippen LogP contribution in [0.25, 0.3) is 10.9 Å². The molecule has 2 N–H and O–H groups in total. The molecule has 0 bridgehead atoms. The molecule has 31 heavy (non-hydrogen) atoms. The van der Waals surface area contributed by atoms with E-state index in [1.54, 1.807) is 10.7 Å². The van der Waals surface area contributed by atoms with E-state index in [0.717, 1.165) is 10.9 Å². The summed E-state index contributed by atoms with van der Waals surface area (Å²) in [4.78, 5) is 35.9. The number of fused-ring (bicyclic) bond motifs is 1. The van der Waals surface area contributed by atoms with Gasteiger partial charge in [0.25, 0.3) is 5.91 Å². The highest BCUT2D eigenvalue weighted by atomic mass is 16.5. The van der Waals surface area contributed by atoms with Crippen LogP contribution >= 0.6 is 0 Å². The summed E-state index contributed by atoms with van der Waals surface area (Å²) in [6, 6.07) is 5.47. The number of nitrogens with zero attached hydrogens (tertiary/aromatic N) is 6. The van der Waals surface area contributed by atoms with Crippen LogP contribution in [-0.4, -0.2) is 74.5 Å². The van der Waals surface area contributed by atoms with Crippen LogP contribution in [0.4, 0.5) is 16.4 Å². The number of anilines is 2. The maximum atomic E-state index is 12.9. The molecule has 1 saturated heterocycles. The lowest BCUT2D eigenvalue weighted by molar-refractivity contribution is 0.102. The molecule has 4 rings (SSSR count). The van der Waals surface area contributed by atoms with Crippen LogP contribution in [0.5, 0.6) is 5.88 Å². The van der Waals surface area contributed by atoms with Crippen LogP contribution in [0.3, 0.4) is 0 Å². The molecule has 3 heterocycles. The van der Waals surface area contributed by atoms with Gasteiger partial charge in [0.2, 0.25) is 11.8 Å². The number of hydrogen-bond donors (Lipinski definition) is 2. The number of carbonyl (C=O) groups excluding carboxylic acids is 1. The van der Waals surface area contributed by atoms with E-state index in [-0.39, 0.29) is 17.4 Å². The third kappa shape index (κ3) is 4.34. The van der Waals surface area contributed by atoms with E-state index < -0.39 is 6.09 Å². The fourth-order valence-electron chi connectivity index (χ4n) is 3.44. The Hall–Kier alpha value is -3.89. The van der Waals surface area contributed by atoms with Crippen LogP contribution in [0.1, 0.15) is 17.3 Å². The molecule has 2 aromatic heterocycles. The topological polar surface area (TPSA) is 126 Å². The Labute approximate surface area is 178 Å². The minimum atomic E-state index is -0.938. The van der Waals surface area contributed by atoms with E-state index in [1.807, 2.05) is 37.2 Å². The van der Waals surface area contributed by atoms with Crippen molar-refractivity contribution in [2.24, 2.45) is 7.05 Å². The Kier molecular flexibility index (Phi) is 5.56. The van der Waals surface area contributed by atoms with Crippen LogP contribution in [0, 0.1) is 0 Å². The Morgan fingerprint density at radius 1 is 1.23 bits per heavy atom. The molecule has 0 atom stereocenters. The van der Waals surface area contributed by atoms with Crippen molar-refractivity contribution in [3.8, 4) is 5.88 Å². The van der Waals surface area contributed by atoms with Crippen molar-refractivity contribution >= 4 is 34.5 Å². The highest BCUT2D eigenvalue weighted by molar-refractivity contribution is 6.06. The molecule has 1 aromatic carbocycles. The second kappa shape index (κ2) is 8.46. The quantitative estimate of drug-likeness (QED) is 0.634. The molecule has 11 heteroatoms. The van der Waals surface area contributed by atoms with Gasteiger partial charge < -0.3 is 25.0 Å². The first kappa shape index (κ1) is 20.4. The van der Waals surface area contributed by atoms with Crippen molar-refractivity contribution in [1.82, 2.24) is 24.6 Å². The number of carbonyl (C=O) groups is 2. The Morgan fingerprint density at radius 3 is 2.71 bits per heavy atom. The van der Waals surface area contributed by atoms with Crippen LogP contribution in [0.2, 0.25) is 0 Å². The molecule has 0 saturated carbocycles. The Bertz CT molecular complexity index is 1120. The number of aryl methyl sites for hydroxylation is 1. The lowest BCUT2D eigenvalue weighted by Crippen LogP contribution is -2.48. The normalized spacial score (nSPS) is 14.0. The highest BCUT2D eigenvalue weighted by Crippen LogP contribution is 2.23. The summed E-state index contributed by atoms with van der Waals surface area (Å²) >= 11 is 0. The van der Waals surface area contributed by atoms with Gasteiger partial charge in [-0.3, -0.25) is 9.48 Å². The second-order valence-electron chi connectivity index (χ2n) is 7.11. The molecule has 162 valence electrons. The number of ether oxygens (including phenoxy) is 1. The smallest absolute Gasteiger partial charge is 0.407 e. The van der Waals surface area contributed by atoms with Gasteiger partial charge in [0.05, 0.1) is 12.1 Å². The summed E-state index contributed by atoms with van der Waals surface area (Å²) in [6.45, 7) is 3.81. The van der Waals surface area contributed by atoms with Crippen LogP contribution in [-0.2, 0) is 7.05 Å². The van der Waals surface area contributed by atoms with Crippen molar-refractivity contribution < 1.29 is 19.4 Å². The molecule has 0 aliphatic carbocycles. The lowest BCUT2D eigenvalue weighted by Gasteiger charge is -2.33. The predicted octanol–water partition coefficient (Wildman–Crippen LogP) is 1.81. The summed E-state index contributed by atoms with van der Waals surface area (Å²) in [5.41, 5.74) is 1.69. The van der Waals surface area contributed by atoms with E-state index in [4.69, 9.17) is 9.84 Å². The maximum absolute atomic E-state index is 12.9. The molecule has 0 unspecified atom stereocenters. The van der Waals surface area contributed by atoms with E-state index in [1.165, 1.54) is 11.1 Å². The molecule has 0 spiro atoms. The standard InChI is InChI=1S/C20H23N7O4/c1-3-31-18-15(11-21-19(23-18)26-6-8-27(9-7-26)20(29)30)17(28)22-14-4-5-16-13(10-14)12-25(2)24-16/h4-5,10-12H,3,6-9H2,1-2H3,(H,22,28)(H,29,30). The fourth-order valence-corrected chi connectivity index (χ4v) is 3.44. The largest absolute Gasteiger partial charge is 0.477 e. The van der Waals surface area contributed by atoms with Crippen molar-refractivity contribution in [3.63, 3.8) is 0 Å². The van der Waals surface area contributed by atoms with Crippen LogP contribution < -0.4 is 15.0 Å². The first-order chi connectivity index (χ1) is 14.9. The third-order valence-electron chi connectivity index (χ3n) is 4.98.